The monoisotopic (exact) mass is 357 g/mol. The van der Waals surface area contributed by atoms with Crippen molar-refractivity contribution in [1.29, 1.82) is 0 Å². The van der Waals surface area contributed by atoms with Crippen molar-refractivity contribution in [3.8, 4) is 17.2 Å². The second kappa shape index (κ2) is 6.06. The first kappa shape index (κ1) is 15.4. The number of carbonyl (C=O) groups excluding carboxylic acids is 1. The summed E-state index contributed by atoms with van der Waals surface area (Å²) in [5.74, 6) is 0.623. The molecule has 0 saturated heterocycles. The number of tetrazole rings is 1. The van der Waals surface area contributed by atoms with Crippen molar-refractivity contribution in [3.05, 3.63) is 52.8 Å². The van der Waals surface area contributed by atoms with E-state index in [-0.39, 0.29) is 12.7 Å². The van der Waals surface area contributed by atoms with E-state index in [9.17, 15) is 4.79 Å². The van der Waals surface area contributed by atoms with E-state index in [4.69, 9.17) is 21.1 Å². The summed E-state index contributed by atoms with van der Waals surface area (Å²) in [6, 6.07) is 8.59. The molecule has 9 heteroatoms. The molecular weight excluding hydrogens is 346 g/mol. The fourth-order valence-electron chi connectivity index (χ4n) is 2.56. The van der Waals surface area contributed by atoms with Crippen molar-refractivity contribution in [2.45, 2.75) is 6.92 Å². The van der Waals surface area contributed by atoms with Gasteiger partial charge in [0.15, 0.2) is 11.5 Å². The third-order valence-electron chi connectivity index (χ3n) is 3.74. The van der Waals surface area contributed by atoms with Crippen LogP contribution in [0, 0.1) is 6.92 Å². The number of amides is 1. The van der Waals surface area contributed by atoms with Crippen LogP contribution in [0.1, 0.15) is 15.9 Å². The van der Waals surface area contributed by atoms with Crippen LogP contribution in [-0.2, 0) is 0 Å². The topological polar surface area (TPSA) is 91.2 Å². The van der Waals surface area contributed by atoms with E-state index >= 15 is 0 Å². The third kappa shape index (κ3) is 2.87. The smallest absolute Gasteiger partial charge is 0.255 e. The largest absolute Gasteiger partial charge is 0.454 e. The Kier molecular flexibility index (Phi) is 3.73. The Morgan fingerprint density at radius 2 is 2.16 bits per heavy atom. The highest BCUT2D eigenvalue weighted by Crippen LogP contribution is 2.39. The summed E-state index contributed by atoms with van der Waals surface area (Å²) < 4.78 is 12.1. The molecule has 8 nitrogen and oxygen atoms in total. The first-order chi connectivity index (χ1) is 12.1. The molecule has 2 heterocycles. The maximum Gasteiger partial charge on any atom is 0.255 e. The van der Waals surface area contributed by atoms with Crippen LogP contribution in [0.4, 0.5) is 5.69 Å². The number of aryl methyl sites for hydroxylation is 1. The van der Waals surface area contributed by atoms with Crippen LogP contribution in [0.5, 0.6) is 11.5 Å². The normalized spacial score (nSPS) is 12.2. The van der Waals surface area contributed by atoms with Crippen molar-refractivity contribution >= 4 is 23.2 Å². The molecule has 1 aliphatic rings. The zero-order valence-electron chi connectivity index (χ0n) is 13.1. The van der Waals surface area contributed by atoms with Gasteiger partial charge in [0.05, 0.1) is 10.7 Å². The molecule has 1 amide bonds. The second-order valence-electron chi connectivity index (χ2n) is 5.40. The number of carbonyl (C=O) groups is 1. The van der Waals surface area contributed by atoms with E-state index in [1.165, 1.54) is 6.33 Å². The standard InChI is InChI=1S/C16H12ClN5O3/c1-9-4-11(2-3-13(9)22-7-18-20-21-22)19-16(23)10-5-12(17)15-14(6-10)24-8-25-15/h2-7H,8H2,1H3,(H,19,23). The minimum absolute atomic E-state index is 0.0952. The highest BCUT2D eigenvalue weighted by molar-refractivity contribution is 6.32. The Morgan fingerprint density at radius 1 is 1.28 bits per heavy atom. The lowest BCUT2D eigenvalue weighted by atomic mass is 10.1. The Bertz CT molecular complexity index is 959. The molecule has 0 bridgehead atoms. The van der Waals surface area contributed by atoms with Gasteiger partial charge in [0.1, 0.15) is 6.33 Å². The van der Waals surface area contributed by atoms with Crippen LogP contribution < -0.4 is 14.8 Å². The Morgan fingerprint density at radius 3 is 2.92 bits per heavy atom. The second-order valence-corrected chi connectivity index (χ2v) is 5.81. The van der Waals surface area contributed by atoms with Crippen LogP contribution in [0.15, 0.2) is 36.7 Å². The summed E-state index contributed by atoms with van der Waals surface area (Å²) in [6.45, 7) is 2.00. The van der Waals surface area contributed by atoms with Gasteiger partial charge in [-0.2, -0.15) is 0 Å². The number of rotatable bonds is 3. The SMILES string of the molecule is Cc1cc(NC(=O)c2cc(Cl)c3c(c2)OCO3)ccc1-n1cnnn1. The molecule has 3 aromatic rings. The summed E-state index contributed by atoms with van der Waals surface area (Å²) in [5, 5.41) is 14.3. The highest BCUT2D eigenvalue weighted by Gasteiger charge is 2.20. The van der Waals surface area contributed by atoms with Crippen molar-refractivity contribution in [2.24, 2.45) is 0 Å². The number of nitrogens with one attached hydrogen (secondary N) is 1. The molecule has 0 aliphatic carbocycles. The van der Waals surface area contributed by atoms with Gasteiger partial charge in [-0.3, -0.25) is 4.79 Å². The van der Waals surface area contributed by atoms with Gasteiger partial charge in [-0.05, 0) is 53.2 Å². The fourth-order valence-corrected chi connectivity index (χ4v) is 2.83. The number of halogens is 1. The molecule has 2 aromatic carbocycles. The summed E-state index contributed by atoms with van der Waals surface area (Å²) in [7, 11) is 0. The van der Waals surface area contributed by atoms with Crippen LogP contribution in [0.2, 0.25) is 5.02 Å². The lowest BCUT2D eigenvalue weighted by Crippen LogP contribution is -2.12. The zero-order valence-corrected chi connectivity index (χ0v) is 13.8. The molecule has 0 atom stereocenters. The van der Waals surface area contributed by atoms with Crippen LogP contribution in [-0.4, -0.2) is 32.9 Å². The summed E-state index contributed by atoms with van der Waals surface area (Å²) in [4.78, 5) is 12.5. The lowest BCUT2D eigenvalue weighted by Gasteiger charge is -2.10. The number of hydrogen-bond acceptors (Lipinski definition) is 6. The molecule has 126 valence electrons. The average Bonchev–Trinajstić information content (AvgIpc) is 3.26. The molecule has 0 fully saturated rings. The van der Waals surface area contributed by atoms with Crippen LogP contribution in [0.3, 0.4) is 0 Å². The Labute approximate surface area is 147 Å². The Balaban J connectivity index is 1.57. The van der Waals surface area contributed by atoms with Gasteiger partial charge in [0.2, 0.25) is 6.79 Å². The van der Waals surface area contributed by atoms with Crippen molar-refractivity contribution in [3.63, 3.8) is 0 Å². The minimum atomic E-state index is -0.297. The van der Waals surface area contributed by atoms with Crippen LogP contribution >= 0.6 is 11.6 Å². The maximum absolute atomic E-state index is 12.5. The molecule has 1 aromatic heterocycles. The van der Waals surface area contributed by atoms with Gasteiger partial charge in [0, 0.05) is 11.3 Å². The lowest BCUT2D eigenvalue weighted by molar-refractivity contribution is 0.102. The van der Waals surface area contributed by atoms with Crippen molar-refractivity contribution < 1.29 is 14.3 Å². The van der Waals surface area contributed by atoms with Gasteiger partial charge in [0.25, 0.3) is 5.91 Å². The fraction of sp³-hybridized carbons (Fsp3) is 0.125. The molecular formula is C16H12ClN5O3. The van der Waals surface area contributed by atoms with Crippen molar-refractivity contribution in [1.82, 2.24) is 20.2 Å². The number of fused-ring (bicyclic) bond motifs is 1. The molecule has 0 spiro atoms. The predicted octanol–water partition coefficient (Wildman–Crippen LogP) is 2.61. The molecule has 0 saturated carbocycles. The first-order valence-electron chi connectivity index (χ1n) is 7.36. The third-order valence-corrected chi connectivity index (χ3v) is 4.02. The van der Waals surface area contributed by atoms with E-state index in [0.717, 1.165) is 11.3 Å². The van der Waals surface area contributed by atoms with Gasteiger partial charge in [-0.25, -0.2) is 4.68 Å². The van der Waals surface area contributed by atoms with E-state index in [0.29, 0.717) is 27.8 Å². The average molecular weight is 358 g/mol. The number of aromatic nitrogens is 4. The van der Waals surface area contributed by atoms with Gasteiger partial charge < -0.3 is 14.8 Å². The van der Waals surface area contributed by atoms with Gasteiger partial charge in [-0.15, -0.1) is 5.10 Å². The Hall–Kier alpha value is -3.13. The molecule has 1 aliphatic heterocycles. The number of benzene rings is 2. The summed E-state index contributed by atoms with van der Waals surface area (Å²) in [6.07, 6.45) is 1.51. The summed E-state index contributed by atoms with van der Waals surface area (Å²) >= 11 is 6.12. The predicted molar refractivity (Wildman–Crippen MR) is 89.4 cm³/mol. The van der Waals surface area contributed by atoms with E-state index in [2.05, 4.69) is 20.8 Å². The number of anilines is 1. The zero-order chi connectivity index (χ0) is 17.4. The minimum Gasteiger partial charge on any atom is -0.454 e. The maximum atomic E-state index is 12.5. The summed E-state index contributed by atoms with van der Waals surface area (Å²) in [5.41, 5.74) is 2.77. The van der Waals surface area contributed by atoms with E-state index in [1.54, 1.807) is 22.9 Å². The van der Waals surface area contributed by atoms with Gasteiger partial charge in [-0.1, -0.05) is 11.6 Å². The van der Waals surface area contributed by atoms with Gasteiger partial charge >= 0.3 is 0 Å². The number of ether oxygens (including phenoxy) is 2. The molecule has 4 rings (SSSR count). The van der Waals surface area contributed by atoms with E-state index in [1.807, 2.05) is 19.1 Å². The molecule has 0 radical (unpaired) electrons. The number of nitrogens with zero attached hydrogens (tertiary/aromatic N) is 4. The van der Waals surface area contributed by atoms with Crippen molar-refractivity contribution in [2.75, 3.05) is 12.1 Å². The van der Waals surface area contributed by atoms with E-state index < -0.39 is 0 Å². The highest BCUT2D eigenvalue weighted by atomic mass is 35.5. The quantitative estimate of drug-likeness (QED) is 0.774. The molecule has 0 unspecified atom stereocenters. The first-order valence-corrected chi connectivity index (χ1v) is 7.74. The number of hydrogen-bond donors (Lipinski definition) is 1. The van der Waals surface area contributed by atoms with Crippen LogP contribution in [0.25, 0.3) is 5.69 Å². The molecule has 25 heavy (non-hydrogen) atoms. The molecule has 1 N–H and O–H groups in total.